The summed E-state index contributed by atoms with van der Waals surface area (Å²) >= 11 is 6.41. The van der Waals surface area contributed by atoms with Gasteiger partial charge >= 0.3 is 0 Å². The molecule has 0 saturated heterocycles. The number of aliphatic imine (C=N–C) groups is 1. The topological polar surface area (TPSA) is 62.3 Å². The minimum atomic E-state index is -0.520. The first-order chi connectivity index (χ1) is 14.5. The zero-order valence-electron chi connectivity index (χ0n) is 19.0. The third kappa shape index (κ3) is 5.29. The van der Waals surface area contributed by atoms with Gasteiger partial charge in [0.25, 0.3) is 0 Å². The van der Waals surface area contributed by atoms with Gasteiger partial charge in [0.15, 0.2) is 5.78 Å². The van der Waals surface area contributed by atoms with E-state index in [-0.39, 0.29) is 38.8 Å². The number of aromatic nitrogens is 1. The third-order valence-corrected chi connectivity index (χ3v) is 5.37. The summed E-state index contributed by atoms with van der Waals surface area (Å²) in [6, 6.07) is 14.4. The van der Waals surface area contributed by atoms with Crippen LogP contribution in [0, 0.1) is 26.8 Å². The number of aromatic amines is 1. The van der Waals surface area contributed by atoms with Gasteiger partial charge in [-0.2, -0.15) is 0 Å². The summed E-state index contributed by atoms with van der Waals surface area (Å²) in [4.78, 5) is 33.3. The molecule has 6 heteroatoms. The second-order valence-corrected chi connectivity index (χ2v) is 9.17. The van der Waals surface area contributed by atoms with E-state index in [9.17, 15) is 9.59 Å². The van der Waals surface area contributed by atoms with Crippen molar-refractivity contribution in [3.8, 4) is 11.1 Å². The van der Waals surface area contributed by atoms with Gasteiger partial charge in [0.2, 0.25) is 5.56 Å². The smallest absolute Gasteiger partial charge is 0.244 e. The van der Waals surface area contributed by atoms with E-state index in [0.29, 0.717) is 16.7 Å². The van der Waals surface area contributed by atoms with Crippen molar-refractivity contribution in [3.05, 3.63) is 85.8 Å². The maximum Gasteiger partial charge on any atom is 0.244 e. The molecular formula is C26H26ClCoN2O2-. The first-order valence-corrected chi connectivity index (χ1v) is 10.5. The molecule has 1 radical (unpaired) electrons. The molecule has 0 fully saturated rings. The number of ketones is 1. The number of carbonyl (C=O) groups is 1. The van der Waals surface area contributed by atoms with Crippen LogP contribution in [0.5, 0.6) is 0 Å². The Labute approximate surface area is 204 Å². The molecular weight excluding hydrogens is 467 g/mol. The van der Waals surface area contributed by atoms with Crippen LogP contribution >= 0.6 is 11.6 Å². The monoisotopic (exact) mass is 492 g/mol. The molecule has 32 heavy (non-hydrogen) atoms. The van der Waals surface area contributed by atoms with E-state index in [2.05, 4.69) is 16.0 Å². The summed E-state index contributed by atoms with van der Waals surface area (Å²) in [6.07, 6.45) is 1.28. The summed E-state index contributed by atoms with van der Waals surface area (Å²) in [6.45, 7) is 11.7. The van der Waals surface area contributed by atoms with Crippen LogP contribution in [0.4, 0.5) is 5.69 Å². The predicted octanol–water partition coefficient (Wildman–Crippen LogP) is 6.30. The molecule has 3 rings (SSSR count). The van der Waals surface area contributed by atoms with Crippen molar-refractivity contribution in [1.82, 2.24) is 4.98 Å². The number of carbonyl (C=O) groups excluding carboxylic acids is 1. The molecule has 1 heterocycles. The number of aryl methyl sites for hydroxylation is 3. The van der Waals surface area contributed by atoms with Gasteiger partial charge in [-0.3, -0.25) is 14.6 Å². The summed E-state index contributed by atoms with van der Waals surface area (Å²) < 4.78 is 0. The van der Waals surface area contributed by atoms with Gasteiger partial charge < -0.3 is 4.98 Å². The van der Waals surface area contributed by atoms with E-state index in [0.717, 1.165) is 22.4 Å². The number of hydrogen-bond acceptors (Lipinski definition) is 3. The number of pyridine rings is 1. The van der Waals surface area contributed by atoms with Crippen molar-refractivity contribution in [1.29, 1.82) is 0 Å². The molecule has 0 spiro atoms. The van der Waals surface area contributed by atoms with Crippen LogP contribution in [0.15, 0.2) is 46.2 Å². The summed E-state index contributed by atoms with van der Waals surface area (Å²) in [7, 11) is 0. The van der Waals surface area contributed by atoms with Crippen molar-refractivity contribution < 1.29 is 21.6 Å². The van der Waals surface area contributed by atoms with Crippen LogP contribution in [0.3, 0.4) is 0 Å². The van der Waals surface area contributed by atoms with Crippen LogP contribution < -0.4 is 5.56 Å². The van der Waals surface area contributed by atoms with Crippen molar-refractivity contribution in [3.63, 3.8) is 0 Å². The van der Waals surface area contributed by atoms with Gasteiger partial charge in [-0.25, -0.2) is 0 Å². The Hall–Kier alpha value is -2.47. The number of rotatable bonds is 4. The largest absolute Gasteiger partial charge is 0.313 e. The number of nitrogens with one attached hydrogen (secondary N) is 1. The fourth-order valence-electron chi connectivity index (χ4n) is 3.90. The van der Waals surface area contributed by atoms with Crippen LogP contribution in [0.2, 0.25) is 5.15 Å². The van der Waals surface area contributed by atoms with Gasteiger partial charge in [-0.15, -0.1) is 35.9 Å². The first kappa shape index (κ1) is 25.8. The maximum absolute atomic E-state index is 13.3. The molecule has 0 atom stereocenters. The second kappa shape index (κ2) is 9.99. The van der Waals surface area contributed by atoms with E-state index in [4.69, 9.17) is 11.6 Å². The van der Waals surface area contributed by atoms with E-state index in [1.165, 1.54) is 6.21 Å². The van der Waals surface area contributed by atoms with E-state index >= 15 is 0 Å². The second-order valence-electron chi connectivity index (χ2n) is 8.79. The Morgan fingerprint density at radius 3 is 2.28 bits per heavy atom. The summed E-state index contributed by atoms with van der Waals surface area (Å²) in [5.74, 6) is -0.377. The van der Waals surface area contributed by atoms with E-state index in [1.54, 1.807) is 6.07 Å². The van der Waals surface area contributed by atoms with Crippen LogP contribution in [0.25, 0.3) is 11.1 Å². The molecule has 0 amide bonds. The number of hydrogen-bond donors (Lipinski definition) is 1. The molecule has 1 aromatic heterocycles. The number of halogens is 1. The molecule has 3 aromatic rings. The molecule has 1 N–H and O–H groups in total. The molecule has 0 aliphatic carbocycles. The first-order valence-electron chi connectivity index (χ1n) is 10.1. The molecule has 4 nitrogen and oxygen atoms in total. The molecule has 0 unspecified atom stereocenters. The number of nitrogens with zero attached hydrogens (tertiary/aromatic N) is 1. The molecule has 0 aliphatic rings. The normalized spacial score (nSPS) is 11.5. The average Bonchev–Trinajstić information content (AvgIpc) is 2.66. The Morgan fingerprint density at radius 2 is 1.75 bits per heavy atom. The van der Waals surface area contributed by atoms with Gasteiger partial charge in [-0.05, 0) is 42.9 Å². The SMILES string of the molecule is Cc1cc(C)c(N=CC(=O)c2c(Cl)[nH]c(=O)c(C(C)(C)C)c2-c2[c-]cccc2)c(C)c1.[Co]. The van der Waals surface area contributed by atoms with Crippen molar-refractivity contribution in [2.45, 2.75) is 47.0 Å². The number of benzene rings is 2. The maximum atomic E-state index is 13.3. The minimum absolute atomic E-state index is 0. The Bertz CT molecular complexity index is 1220. The predicted molar refractivity (Wildman–Crippen MR) is 128 cm³/mol. The Kier molecular flexibility index (Phi) is 8.05. The van der Waals surface area contributed by atoms with E-state index < -0.39 is 5.41 Å². The van der Waals surface area contributed by atoms with Crippen molar-refractivity contribution in [2.75, 3.05) is 0 Å². The zero-order chi connectivity index (χ0) is 22.9. The quantitative estimate of drug-likeness (QED) is 0.201. The zero-order valence-corrected chi connectivity index (χ0v) is 20.8. The minimum Gasteiger partial charge on any atom is -0.313 e. The molecule has 169 valence electrons. The van der Waals surface area contributed by atoms with Crippen LogP contribution in [0.1, 0.15) is 53.4 Å². The number of H-pyrrole nitrogens is 1. The fraction of sp³-hybridized carbons (Fsp3) is 0.269. The van der Waals surface area contributed by atoms with Crippen LogP contribution in [-0.2, 0) is 22.2 Å². The molecule has 0 saturated carbocycles. The Balaban J connectivity index is 0.00000363. The fourth-order valence-corrected chi connectivity index (χ4v) is 4.18. The average molecular weight is 493 g/mol. The Morgan fingerprint density at radius 1 is 1.12 bits per heavy atom. The third-order valence-electron chi connectivity index (χ3n) is 5.09. The van der Waals surface area contributed by atoms with Crippen molar-refractivity contribution in [2.24, 2.45) is 4.99 Å². The van der Waals surface area contributed by atoms with Gasteiger partial charge in [0, 0.05) is 22.3 Å². The van der Waals surface area contributed by atoms with Crippen LogP contribution in [-0.4, -0.2) is 17.0 Å². The standard InChI is InChI=1S/C26H26ClN2O2.Co/c1-15-12-16(2)23(17(3)13-15)28-14-19(30)21-20(18-10-8-7-9-11-18)22(26(4,5)6)25(31)29-24(21)27;/h7-10,12-14H,1-6H3,(H,29,31);/q-1;. The van der Waals surface area contributed by atoms with Gasteiger partial charge in [0.05, 0.1) is 11.9 Å². The molecule has 0 bridgehead atoms. The summed E-state index contributed by atoms with van der Waals surface area (Å²) in [5, 5.41) is -0.000877. The van der Waals surface area contributed by atoms with Gasteiger partial charge in [0.1, 0.15) is 5.15 Å². The van der Waals surface area contributed by atoms with E-state index in [1.807, 2.05) is 71.9 Å². The number of Topliss-reactive ketones (excluding diaryl/α,β-unsaturated/α-hetero) is 1. The summed E-state index contributed by atoms with van der Waals surface area (Å²) in [5.41, 5.74) is 4.87. The molecule has 0 aliphatic heterocycles. The van der Waals surface area contributed by atoms with Gasteiger partial charge in [-0.1, -0.05) is 55.6 Å². The molecule has 2 aromatic carbocycles. The van der Waals surface area contributed by atoms with Crippen molar-refractivity contribution >= 4 is 29.3 Å².